The summed E-state index contributed by atoms with van der Waals surface area (Å²) in [6.45, 7) is 14.6. The molecular formula is C18H35N3O3. The van der Waals surface area contributed by atoms with Crippen molar-refractivity contribution in [3.8, 4) is 0 Å². The fraction of sp³-hybridized carbons (Fsp3) is 0.889. The van der Waals surface area contributed by atoms with Crippen molar-refractivity contribution in [1.82, 2.24) is 15.5 Å². The molecule has 2 atom stereocenters. The molecule has 0 spiro atoms. The van der Waals surface area contributed by atoms with E-state index in [0.29, 0.717) is 19.1 Å². The zero-order valence-electron chi connectivity index (χ0n) is 15.9. The molecule has 24 heavy (non-hydrogen) atoms. The summed E-state index contributed by atoms with van der Waals surface area (Å²) in [5.41, 5.74) is -0.462. The van der Waals surface area contributed by atoms with Crippen LogP contribution in [0.15, 0.2) is 0 Å². The van der Waals surface area contributed by atoms with Crippen LogP contribution in [0.5, 0.6) is 0 Å². The van der Waals surface area contributed by atoms with Crippen LogP contribution in [0.4, 0.5) is 4.79 Å². The maximum Gasteiger partial charge on any atom is 0.410 e. The number of nitrogens with one attached hydrogen (secondary N) is 2. The first kappa shape index (κ1) is 20.9. The Bertz CT molecular complexity index is 387. The highest BCUT2D eigenvalue weighted by Crippen LogP contribution is 2.17. The molecule has 140 valence electrons. The molecule has 2 N–H and O–H groups in total. The van der Waals surface area contributed by atoms with Gasteiger partial charge in [-0.25, -0.2) is 4.79 Å². The van der Waals surface area contributed by atoms with Gasteiger partial charge in [-0.3, -0.25) is 0 Å². The van der Waals surface area contributed by atoms with Gasteiger partial charge in [0.2, 0.25) is 0 Å². The van der Waals surface area contributed by atoms with Gasteiger partial charge in [-0.1, -0.05) is 13.8 Å². The summed E-state index contributed by atoms with van der Waals surface area (Å²) >= 11 is 0. The molecule has 6 nitrogen and oxygen atoms in total. The standard InChI is InChI=1S/C10H17NO3.C8H18N2/c1-10(2,3)14-9(13)11-5-4-8(6-11)7-12;1-7(2)10-6-8-3-4-9-5-8/h7-8H,4-6H2,1-3H3;7-10H,3-6H2,1-2H3. The summed E-state index contributed by atoms with van der Waals surface area (Å²) < 4.78 is 5.19. The molecule has 2 aliphatic rings. The lowest BCUT2D eigenvalue weighted by atomic mass is 10.1. The van der Waals surface area contributed by atoms with E-state index in [4.69, 9.17) is 4.74 Å². The first-order valence-electron chi connectivity index (χ1n) is 9.08. The first-order valence-corrected chi connectivity index (χ1v) is 9.08. The number of carbonyl (C=O) groups excluding carboxylic acids is 2. The largest absolute Gasteiger partial charge is 0.444 e. The molecule has 0 aromatic rings. The molecule has 2 fully saturated rings. The Hall–Kier alpha value is -1.14. The van der Waals surface area contributed by atoms with Crippen LogP contribution in [-0.4, -0.2) is 61.6 Å². The third-order valence-electron chi connectivity index (χ3n) is 4.05. The lowest BCUT2D eigenvalue weighted by molar-refractivity contribution is -0.110. The van der Waals surface area contributed by atoms with Crippen molar-refractivity contribution in [2.45, 2.75) is 59.1 Å². The summed E-state index contributed by atoms with van der Waals surface area (Å²) in [5.74, 6) is 0.866. The van der Waals surface area contributed by atoms with Gasteiger partial charge in [-0.15, -0.1) is 0 Å². The third kappa shape index (κ3) is 8.64. The van der Waals surface area contributed by atoms with Crippen molar-refractivity contribution in [3.63, 3.8) is 0 Å². The normalized spacial score (nSPS) is 23.8. The van der Waals surface area contributed by atoms with Crippen molar-refractivity contribution >= 4 is 12.4 Å². The van der Waals surface area contributed by atoms with Crippen LogP contribution in [0, 0.1) is 11.8 Å². The summed E-state index contributed by atoms with van der Waals surface area (Å²) in [6, 6.07) is 0.639. The number of aldehydes is 1. The van der Waals surface area contributed by atoms with Gasteiger partial charge in [0.25, 0.3) is 0 Å². The average molecular weight is 341 g/mol. The van der Waals surface area contributed by atoms with Gasteiger partial charge < -0.3 is 25.1 Å². The van der Waals surface area contributed by atoms with E-state index in [1.807, 2.05) is 20.8 Å². The Labute approximate surface area is 146 Å². The van der Waals surface area contributed by atoms with Gasteiger partial charge in [0.05, 0.1) is 0 Å². The van der Waals surface area contributed by atoms with Crippen LogP contribution >= 0.6 is 0 Å². The van der Waals surface area contributed by atoms with Crippen molar-refractivity contribution in [3.05, 3.63) is 0 Å². The third-order valence-corrected chi connectivity index (χ3v) is 4.05. The molecule has 2 saturated heterocycles. The van der Waals surface area contributed by atoms with E-state index in [1.54, 1.807) is 4.90 Å². The van der Waals surface area contributed by atoms with Gasteiger partial charge in [0.15, 0.2) is 0 Å². The SMILES string of the molecule is CC(C)(C)OC(=O)N1CCC(C=O)C1.CC(C)NCC1CCNC1. The second kappa shape index (κ2) is 9.99. The summed E-state index contributed by atoms with van der Waals surface area (Å²) in [5, 5.41) is 6.80. The minimum atomic E-state index is -0.462. The number of hydrogen-bond acceptors (Lipinski definition) is 5. The minimum absolute atomic E-state index is 0.0116. The van der Waals surface area contributed by atoms with Crippen molar-refractivity contribution in [1.29, 1.82) is 0 Å². The van der Waals surface area contributed by atoms with Crippen LogP contribution in [-0.2, 0) is 9.53 Å². The Balaban J connectivity index is 0.000000254. The maximum atomic E-state index is 11.5. The molecule has 0 aliphatic carbocycles. The van der Waals surface area contributed by atoms with E-state index in [0.717, 1.165) is 18.6 Å². The van der Waals surface area contributed by atoms with Gasteiger partial charge in [-0.2, -0.15) is 0 Å². The fourth-order valence-electron chi connectivity index (χ4n) is 2.68. The average Bonchev–Trinajstić information content (AvgIpc) is 3.15. The number of likely N-dealkylation sites (tertiary alicyclic amines) is 1. The van der Waals surface area contributed by atoms with E-state index in [9.17, 15) is 9.59 Å². The molecule has 2 rings (SSSR count). The maximum absolute atomic E-state index is 11.5. The Kier molecular flexibility index (Phi) is 8.70. The number of nitrogens with zero attached hydrogens (tertiary/aromatic N) is 1. The van der Waals surface area contributed by atoms with Gasteiger partial charge in [-0.05, 0) is 59.2 Å². The first-order chi connectivity index (χ1) is 11.2. The van der Waals surface area contributed by atoms with Gasteiger partial charge in [0.1, 0.15) is 11.9 Å². The number of carbonyl (C=O) groups is 2. The Morgan fingerprint density at radius 3 is 2.54 bits per heavy atom. The van der Waals surface area contributed by atoms with E-state index in [2.05, 4.69) is 24.5 Å². The van der Waals surface area contributed by atoms with E-state index >= 15 is 0 Å². The number of rotatable bonds is 4. The molecule has 1 amide bonds. The van der Waals surface area contributed by atoms with Crippen LogP contribution < -0.4 is 10.6 Å². The fourth-order valence-corrected chi connectivity index (χ4v) is 2.68. The highest BCUT2D eigenvalue weighted by atomic mass is 16.6. The molecule has 0 bridgehead atoms. The van der Waals surface area contributed by atoms with Gasteiger partial charge in [0, 0.05) is 25.0 Å². The Morgan fingerprint density at radius 2 is 2.08 bits per heavy atom. The topological polar surface area (TPSA) is 70.7 Å². The molecular weight excluding hydrogens is 306 g/mol. The Morgan fingerprint density at radius 1 is 1.38 bits per heavy atom. The summed E-state index contributed by atoms with van der Waals surface area (Å²) in [6.07, 6.45) is 2.69. The van der Waals surface area contributed by atoms with Crippen molar-refractivity contribution < 1.29 is 14.3 Å². The molecule has 0 aromatic heterocycles. The lowest BCUT2D eigenvalue weighted by Gasteiger charge is -2.24. The predicted molar refractivity (Wildman–Crippen MR) is 96.1 cm³/mol. The van der Waals surface area contributed by atoms with Gasteiger partial charge >= 0.3 is 6.09 Å². The van der Waals surface area contributed by atoms with Crippen LogP contribution in [0.25, 0.3) is 0 Å². The predicted octanol–water partition coefficient (Wildman–Crippen LogP) is 2.04. The zero-order chi connectivity index (χ0) is 18.2. The molecule has 0 aromatic carbocycles. The molecule has 2 aliphatic heterocycles. The van der Waals surface area contributed by atoms with Crippen LogP contribution in [0.2, 0.25) is 0 Å². The quantitative estimate of drug-likeness (QED) is 0.766. The molecule has 0 saturated carbocycles. The van der Waals surface area contributed by atoms with Crippen LogP contribution in [0.1, 0.15) is 47.5 Å². The summed E-state index contributed by atoms with van der Waals surface area (Å²) in [7, 11) is 0. The van der Waals surface area contributed by atoms with E-state index < -0.39 is 5.60 Å². The smallest absolute Gasteiger partial charge is 0.410 e. The minimum Gasteiger partial charge on any atom is -0.444 e. The second-order valence-corrected chi connectivity index (χ2v) is 8.03. The lowest BCUT2D eigenvalue weighted by Crippen LogP contribution is -2.35. The van der Waals surface area contributed by atoms with Crippen molar-refractivity contribution in [2.24, 2.45) is 11.8 Å². The monoisotopic (exact) mass is 341 g/mol. The second-order valence-electron chi connectivity index (χ2n) is 8.03. The molecule has 6 heteroatoms. The van der Waals surface area contributed by atoms with Crippen molar-refractivity contribution in [2.75, 3.05) is 32.7 Å². The number of ether oxygens (including phenoxy) is 1. The number of hydrogen-bond donors (Lipinski definition) is 2. The van der Waals surface area contributed by atoms with Crippen LogP contribution in [0.3, 0.4) is 0 Å². The molecule has 2 heterocycles. The molecule has 2 unspecified atom stereocenters. The molecule has 0 radical (unpaired) electrons. The highest BCUT2D eigenvalue weighted by molar-refractivity contribution is 5.69. The van der Waals surface area contributed by atoms with E-state index in [1.165, 1.54) is 26.1 Å². The number of amides is 1. The zero-order valence-corrected chi connectivity index (χ0v) is 15.9. The highest BCUT2D eigenvalue weighted by Gasteiger charge is 2.29. The van der Waals surface area contributed by atoms with E-state index in [-0.39, 0.29) is 12.0 Å². The summed E-state index contributed by atoms with van der Waals surface area (Å²) in [4.78, 5) is 23.6.